The van der Waals surface area contributed by atoms with Crippen molar-refractivity contribution in [3.8, 4) is 0 Å². The molecule has 1 atom stereocenters. The first-order valence-corrected chi connectivity index (χ1v) is 12.2. The summed E-state index contributed by atoms with van der Waals surface area (Å²) in [7, 11) is 0. The maximum atomic E-state index is 13.4. The normalized spacial score (nSPS) is 18.5. The third-order valence-electron chi connectivity index (χ3n) is 6.44. The Morgan fingerprint density at radius 3 is 2.78 bits per heavy atom. The molecule has 8 heteroatoms. The van der Waals surface area contributed by atoms with Gasteiger partial charge in [-0.05, 0) is 58.1 Å². The Kier molecular flexibility index (Phi) is 5.87. The lowest BCUT2D eigenvalue weighted by Crippen LogP contribution is -2.40. The van der Waals surface area contributed by atoms with E-state index in [9.17, 15) is 4.79 Å². The minimum absolute atomic E-state index is 0.0546. The number of rotatable bonds is 4. The molecular weight excluding hydrogens is 420 g/mol. The molecule has 0 saturated carbocycles. The first-order valence-electron chi connectivity index (χ1n) is 11.3. The van der Waals surface area contributed by atoms with Crippen molar-refractivity contribution >= 4 is 23.1 Å². The highest BCUT2D eigenvalue weighted by atomic mass is 32.1. The van der Waals surface area contributed by atoms with Gasteiger partial charge in [0.05, 0.1) is 29.5 Å². The smallest absolute Gasteiger partial charge is 0.266 e. The van der Waals surface area contributed by atoms with Gasteiger partial charge in [0.15, 0.2) is 5.82 Å². The van der Waals surface area contributed by atoms with Crippen LogP contribution in [0.1, 0.15) is 69.9 Å². The molecule has 5 rings (SSSR count). The number of aromatic nitrogens is 4. The fraction of sp³-hybridized carbons (Fsp3) is 0.458. The number of hydrogen-bond donors (Lipinski definition) is 0. The number of thiazole rings is 1. The second-order valence-corrected chi connectivity index (χ2v) is 9.45. The molecular formula is C24H28N6OS. The number of carbonyl (C=O) groups excluding carboxylic acids is 1. The molecule has 1 saturated heterocycles. The molecule has 0 aliphatic carbocycles. The van der Waals surface area contributed by atoms with E-state index in [-0.39, 0.29) is 11.9 Å². The molecule has 0 radical (unpaired) electrons. The molecule has 3 aromatic rings. The third kappa shape index (κ3) is 3.99. The van der Waals surface area contributed by atoms with Crippen LogP contribution in [-0.4, -0.2) is 43.8 Å². The summed E-state index contributed by atoms with van der Waals surface area (Å²) >= 11 is 1.42. The van der Waals surface area contributed by atoms with E-state index in [1.54, 1.807) is 5.51 Å². The van der Waals surface area contributed by atoms with Gasteiger partial charge in [0.1, 0.15) is 10.7 Å². The molecule has 1 unspecified atom stereocenters. The SMILES string of the molecule is Cc1ncsc1C(=O)N1CCCCC1c1nc(C)c2c(n1)N(Cc1ccccn1)CCC2. The van der Waals surface area contributed by atoms with Crippen LogP contribution in [0.3, 0.4) is 0 Å². The predicted molar refractivity (Wildman–Crippen MR) is 125 cm³/mol. The third-order valence-corrected chi connectivity index (χ3v) is 7.36. The molecule has 0 aromatic carbocycles. The summed E-state index contributed by atoms with van der Waals surface area (Å²) in [4.78, 5) is 37.2. The molecule has 2 aliphatic heterocycles. The minimum Gasteiger partial charge on any atom is -0.350 e. The van der Waals surface area contributed by atoms with Crippen LogP contribution >= 0.6 is 11.3 Å². The monoisotopic (exact) mass is 448 g/mol. The molecule has 2 aliphatic rings. The molecule has 3 aromatic heterocycles. The number of piperidine rings is 1. The summed E-state index contributed by atoms with van der Waals surface area (Å²) in [6, 6.07) is 5.93. The highest BCUT2D eigenvalue weighted by Crippen LogP contribution is 2.35. The zero-order valence-corrected chi connectivity index (χ0v) is 19.4. The van der Waals surface area contributed by atoms with Crippen LogP contribution in [0, 0.1) is 13.8 Å². The van der Waals surface area contributed by atoms with Gasteiger partial charge in [-0.3, -0.25) is 9.78 Å². The first-order chi connectivity index (χ1) is 15.6. The van der Waals surface area contributed by atoms with Crippen molar-refractivity contribution in [3.63, 3.8) is 0 Å². The maximum absolute atomic E-state index is 13.4. The van der Waals surface area contributed by atoms with Crippen molar-refractivity contribution < 1.29 is 4.79 Å². The van der Waals surface area contributed by atoms with E-state index in [4.69, 9.17) is 9.97 Å². The van der Waals surface area contributed by atoms with Crippen LogP contribution in [0.4, 0.5) is 5.82 Å². The second kappa shape index (κ2) is 8.94. The van der Waals surface area contributed by atoms with E-state index in [1.807, 2.05) is 30.2 Å². The fourth-order valence-electron chi connectivity index (χ4n) is 4.78. The zero-order valence-electron chi connectivity index (χ0n) is 18.6. The van der Waals surface area contributed by atoms with Crippen LogP contribution in [0.15, 0.2) is 29.9 Å². The van der Waals surface area contributed by atoms with E-state index >= 15 is 0 Å². The Bertz CT molecular complexity index is 1110. The van der Waals surface area contributed by atoms with Crippen molar-refractivity contribution in [1.29, 1.82) is 0 Å². The molecule has 0 bridgehead atoms. The Balaban J connectivity index is 1.49. The van der Waals surface area contributed by atoms with Gasteiger partial charge in [-0.15, -0.1) is 11.3 Å². The van der Waals surface area contributed by atoms with E-state index in [1.165, 1.54) is 16.9 Å². The molecule has 1 fully saturated rings. The molecule has 7 nitrogen and oxygen atoms in total. The van der Waals surface area contributed by atoms with E-state index in [0.29, 0.717) is 0 Å². The second-order valence-electron chi connectivity index (χ2n) is 8.59. The molecule has 1 amide bonds. The number of likely N-dealkylation sites (tertiary alicyclic amines) is 1. The van der Waals surface area contributed by atoms with E-state index < -0.39 is 0 Å². The quantitative estimate of drug-likeness (QED) is 0.594. The highest BCUT2D eigenvalue weighted by molar-refractivity contribution is 7.11. The van der Waals surface area contributed by atoms with E-state index in [2.05, 4.69) is 27.9 Å². The van der Waals surface area contributed by atoms with Crippen molar-refractivity contribution in [2.45, 2.75) is 58.5 Å². The van der Waals surface area contributed by atoms with Crippen molar-refractivity contribution in [3.05, 3.63) is 63.3 Å². The number of pyridine rings is 1. The standard InChI is InChI=1S/C24H28N6OS/c1-16-19-9-7-12-29(14-18-8-3-5-11-25-18)23(19)28-22(27-16)20-10-4-6-13-30(20)24(31)21-17(2)26-15-32-21/h3,5,8,11,15,20H,4,6-7,9-10,12-14H2,1-2H3. The van der Waals surface area contributed by atoms with Crippen LogP contribution in [-0.2, 0) is 13.0 Å². The van der Waals surface area contributed by atoms with Crippen molar-refractivity contribution in [1.82, 2.24) is 24.8 Å². The Hall–Kier alpha value is -2.87. The lowest BCUT2D eigenvalue weighted by molar-refractivity contribution is 0.0603. The average Bonchev–Trinajstić information content (AvgIpc) is 3.25. The molecule has 0 N–H and O–H groups in total. The lowest BCUT2D eigenvalue weighted by atomic mass is 9.99. The summed E-state index contributed by atoms with van der Waals surface area (Å²) in [5.74, 6) is 1.83. The molecule has 0 spiro atoms. The van der Waals surface area contributed by atoms with Gasteiger partial charge in [-0.25, -0.2) is 15.0 Å². The fourth-order valence-corrected chi connectivity index (χ4v) is 5.54. The number of fused-ring (bicyclic) bond motifs is 1. The van der Waals surface area contributed by atoms with Crippen LogP contribution in [0.25, 0.3) is 0 Å². The number of anilines is 1. The predicted octanol–water partition coefficient (Wildman–Crippen LogP) is 4.27. The maximum Gasteiger partial charge on any atom is 0.266 e. The van der Waals surface area contributed by atoms with Gasteiger partial charge in [-0.2, -0.15) is 0 Å². The lowest BCUT2D eigenvalue weighted by Gasteiger charge is -2.36. The first kappa shape index (κ1) is 21.0. The van der Waals surface area contributed by atoms with Crippen molar-refractivity contribution in [2.24, 2.45) is 0 Å². The van der Waals surface area contributed by atoms with Gasteiger partial charge < -0.3 is 9.80 Å². The summed E-state index contributed by atoms with van der Waals surface area (Å²) < 4.78 is 0. The van der Waals surface area contributed by atoms with Crippen molar-refractivity contribution in [2.75, 3.05) is 18.0 Å². The molecule has 32 heavy (non-hydrogen) atoms. The Morgan fingerprint density at radius 1 is 1.09 bits per heavy atom. The largest absolute Gasteiger partial charge is 0.350 e. The average molecular weight is 449 g/mol. The number of hydrogen-bond acceptors (Lipinski definition) is 7. The highest BCUT2D eigenvalue weighted by Gasteiger charge is 2.33. The Morgan fingerprint density at radius 2 is 2.00 bits per heavy atom. The number of carbonyl (C=O) groups is 1. The topological polar surface area (TPSA) is 75.1 Å². The summed E-state index contributed by atoms with van der Waals surface area (Å²) in [5, 5.41) is 0. The Labute approximate surface area is 192 Å². The van der Waals surface area contributed by atoms with Gasteiger partial charge >= 0.3 is 0 Å². The van der Waals surface area contributed by atoms with E-state index in [0.717, 1.165) is 85.3 Å². The molecule has 5 heterocycles. The van der Waals surface area contributed by atoms with Gasteiger partial charge in [0, 0.05) is 30.5 Å². The summed E-state index contributed by atoms with van der Waals surface area (Å²) in [6.07, 6.45) is 6.89. The number of nitrogens with zero attached hydrogens (tertiary/aromatic N) is 6. The minimum atomic E-state index is -0.0969. The zero-order chi connectivity index (χ0) is 22.1. The number of aryl methyl sites for hydroxylation is 2. The summed E-state index contributed by atoms with van der Waals surface area (Å²) in [6.45, 7) is 6.40. The molecule has 166 valence electrons. The summed E-state index contributed by atoms with van der Waals surface area (Å²) in [5.41, 5.74) is 5.84. The van der Waals surface area contributed by atoms with Crippen LogP contribution in [0.2, 0.25) is 0 Å². The number of amides is 1. The van der Waals surface area contributed by atoms with Gasteiger partial charge in [0.2, 0.25) is 0 Å². The van der Waals surface area contributed by atoms with Crippen LogP contribution in [0.5, 0.6) is 0 Å². The van der Waals surface area contributed by atoms with Crippen LogP contribution < -0.4 is 4.90 Å². The van der Waals surface area contributed by atoms with Gasteiger partial charge in [0.25, 0.3) is 5.91 Å². The van der Waals surface area contributed by atoms with Gasteiger partial charge in [-0.1, -0.05) is 6.07 Å².